The van der Waals surface area contributed by atoms with Crippen molar-refractivity contribution >= 4 is 11.6 Å². The van der Waals surface area contributed by atoms with E-state index in [1.54, 1.807) is 0 Å². The van der Waals surface area contributed by atoms with Crippen LogP contribution in [-0.2, 0) is 6.61 Å². The largest absolute Gasteiger partial charge is 0.390 e. The lowest BCUT2D eigenvalue weighted by molar-refractivity contribution is 0.276. The number of aromatic nitrogens is 1. The van der Waals surface area contributed by atoms with Crippen molar-refractivity contribution < 1.29 is 9.50 Å². The lowest BCUT2D eigenvalue weighted by Gasteiger charge is -1.95. The standard InChI is InChI=1S/C6H5ClFNO/c7-6-5(8)2-1-4(3-10)9-6/h1-2,10H,3H2. The van der Waals surface area contributed by atoms with E-state index in [0.29, 0.717) is 5.69 Å². The minimum absolute atomic E-state index is 0.202. The molecule has 1 aromatic rings. The average Bonchev–Trinajstić information content (AvgIpc) is 1.95. The van der Waals surface area contributed by atoms with Crippen LogP contribution in [0.1, 0.15) is 5.69 Å². The van der Waals surface area contributed by atoms with Crippen LogP contribution in [0.3, 0.4) is 0 Å². The molecule has 0 aliphatic rings. The van der Waals surface area contributed by atoms with Crippen molar-refractivity contribution in [3.05, 3.63) is 28.8 Å². The third-order valence-corrected chi connectivity index (χ3v) is 1.29. The fourth-order valence-corrected chi connectivity index (χ4v) is 0.714. The van der Waals surface area contributed by atoms with Crippen LogP contribution in [0.5, 0.6) is 0 Å². The minimum Gasteiger partial charge on any atom is -0.390 e. The number of halogens is 2. The van der Waals surface area contributed by atoms with E-state index < -0.39 is 5.82 Å². The van der Waals surface area contributed by atoms with Crippen molar-refractivity contribution in [1.82, 2.24) is 4.98 Å². The van der Waals surface area contributed by atoms with Gasteiger partial charge in [-0.1, -0.05) is 11.6 Å². The average molecular weight is 162 g/mol. The molecule has 0 aliphatic heterocycles. The molecule has 0 amide bonds. The number of rotatable bonds is 1. The van der Waals surface area contributed by atoms with E-state index in [0.717, 1.165) is 0 Å². The Morgan fingerprint density at radius 3 is 2.80 bits per heavy atom. The van der Waals surface area contributed by atoms with E-state index >= 15 is 0 Å². The van der Waals surface area contributed by atoms with Gasteiger partial charge in [0.25, 0.3) is 0 Å². The third-order valence-electron chi connectivity index (χ3n) is 1.02. The van der Waals surface area contributed by atoms with Crippen LogP contribution in [-0.4, -0.2) is 10.1 Å². The molecule has 10 heavy (non-hydrogen) atoms. The summed E-state index contributed by atoms with van der Waals surface area (Å²) in [6, 6.07) is 2.54. The van der Waals surface area contributed by atoms with Crippen molar-refractivity contribution in [2.24, 2.45) is 0 Å². The Balaban J connectivity index is 3.04. The van der Waals surface area contributed by atoms with Crippen LogP contribution in [0, 0.1) is 5.82 Å². The smallest absolute Gasteiger partial charge is 0.165 e. The summed E-state index contributed by atoms with van der Waals surface area (Å²) < 4.78 is 12.4. The fourth-order valence-electron chi connectivity index (χ4n) is 0.543. The van der Waals surface area contributed by atoms with Gasteiger partial charge >= 0.3 is 0 Å². The van der Waals surface area contributed by atoms with Crippen LogP contribution in [0.25, 0.3) is 0 Å². The summed E-state index contributed by atoms with van der Waals surface area (Å²) in [4.78, 5) is 3.53. The minimum atomic E-state index is -0.570. The first kappa shape index (κ1) is 7.44. The zero-order valence-corrected chi connectivity index (χ0v) is 5.77. The highest BCUT2D eigenvalue weighted by Crippen LogP contribution is 2.10. The highest BCUT2D eigenvalue weighted by Gasteiger charge is 2.00. The van der Waals surface area contributed by atoms with Gasteiger partial charge in [0.15, 0.2) is 11.0 Å². The monoisotopic (exact) mass is 161 g/mol. The summed E-state index contributed by atoms with van der Waals surface area (Å²) in [5, 5.41) is 8.31. The van der Waals surface area contributed by atoms with Gasteiger partial charge in [-0.15, -0.1) is 0 Å². The lowest BCUT2D eigenvalue weighted by atomic mass is 10.4. The molecule has 1 aromatic heterocycles. The Labute approximate surface area is 62.3 Å². The molecular formula is C6H5ClFNO. The number of pyridine rings is 1. The third kappa shape index (κ3) is 1.43. The van der Waals surface area contributed by atoms with Crippen LogP contribution < -0.4 is 0 Å². The van der Waals surface area contributed by atoms with E-state index in [-0.39, 0.29) is 11.8 Å². The topological polar surface area (TPSA) is 33.1 Å². The molecule has 54 valence electrons. The van der Waals surface area contributed by atoms with Gasteiger partial charge < -0.3 is 5.11 Å². The molecule has 0 aliphatic carbocycles. The molecule has 0 fully saturated rings. The van der Waals surface area contributed by atoms with E-state index in [2.05, 4.69) is 4.98 Å². The van der Waals surface area contributed by atoms with Crippen molar-refractivity contribution in [2.75, 3.05) is 0 Å². The van der Waals surface area contributed by atoms with Crippen LogP contribution >= 0.6 is 11.6 Å². The highest BCUT2D eigenvalue weighted by molar-refractivity contribution is 6.29. The first-order valence-corrected chi connectivity index (χ1v) is 3.03. The second-order valence-electron chi connectivity index (χ2n) is 1.73. The van der Waals surface area contributed by atoms with Gasteiger partial charge in [-0.2, -0.15) is 0 Å². The Morgan fingerprint density at radius 1 is 1.60 bits per heavy atom. The number of hydrogen-bond donors (Lipinski definition) is 1. The molecule has 0 aromatic carbocycles. The van der Waals surface area contributed by atoms with E-state index in [1.807, 2.05) is 0 Å². The molecule has 0 saturated carbocycles. The molecule has 0 radical (unpaired) electrons. The molecule has 0 atom stereocenters. The fraction of sp³-hybridized carbons (Fsp3) is 0.167. The summed E-state index contributed by atoms with van der Waals surface area (Å²) in [6.45, 7) is -0.222. The highest BCUT2D eigenvalue weighted by atomic mass is 35.5. The van der Waals surface area contributed by atoms with E-state index in [4.69, 9.17) is 16.7 Å². The van der Waals surface area contributed by atoms with Crippen molar-refractivity contribution in [3.8, 4) is 0 Å². The number of aliphatic hydroxyl groups is 1. The van der Waals surface area contributed by atoms with Gasteiger partial charge in [0.1, 0.15) is 0 Å². The second kappa shape index (κ2) is 2.94. The maximum absolute atomic E-state index is 12.4. The molecule has 0 bridgehead atoms. The van der Waals surface area contributed by atoms with Gasteiger partial charge in [0.2, 0.25) is 0 Å². The van der Waals surface area contributed by atoms with Crippen molar-refractivity contribution in [2.45, 2.75) is 6.61 Å². The summed E-state index contributed by atoms with van der Waals surface area (Å²) in [5.41, 5.74) is 0.367. The molecule has 1 heterocycles. The predicted molar refractivity (Wildman–Crippen MR) is 35.1 cm³/mol. The van der Waals surface area contributed by atoms with E-state index in [9.17, 15) is 4.39 Å². The van der Waals surface area contributed by atoms with Crippen molar-refractivity contribution in [1.29, 1.82) is 0 Å². The first-order valence-electron chi connectivity index (χ1n) is 2.66. The lowest BCUT2D eigenvalue weighted by Crippen LogP contribution is -1.90. The quantitative estimate of drug-likeness (QED) is 0.631. The summed E-state index contributed by atoms with van der Waals surface area (Å²) in [7, 11) is 0. The molecule has 0 unspecified atom stereocenters. The number of hydrogen-bond acceptors (Lipinski definition) is 2. The maximum Gasteiger partial charge on any atom is 0.165 e. The molecular weight excluding hydrogens is 157 g/mol. The zero-order chi connectivity index (χ0) is 7.56. The Morgan fingerprint density at radius 2 is 2.30 bits per heavy atom. The second-order valence-corrected chi connectivity index (χ2v) is 2.09. The van der Waals surface area contributed by atoms with Crippen LogP contribution in [0.4, 0.5) is 4.39 Å². The van der Waals surface area contributed by atoms with Gasteiger partial charge in [0, 0.05) is 0 Å². The first-order chi connectivity index (χ1) is 4.74. The Bertz CT molecular complexity index is 241. The molecule has 1 rings (SSSR count). The molecule has 0 saturated heterocycles. The normalized spacial score (nSPS) is 9.90. The summed E-state index contributed by atoms with van der Waals surface area (Å²) in [6.07, 6.45) is 0. The Kier molecular flexibility index (Phi) is 2.19. The maximum atomic E-state index is 12.4. The van der Waals surface area contributed by atoms with Gasteiger partial charge in [0.05, 0.1) is 12.3 Å². The van der Waals surface area contributed by atoms with Gasteiger partial charge in [-0.05, 0) is 12.1 Å². The summed E-state index contributed by atoms with van der Waals surface area (Å²) >= 11 is 5.30. The molecule has 0 spiro atoms. The molecule has 2 nitrogen and oxygen atoms in total. The van der Waals surface area contributed by atoms with Gasteiger partial charge in [-0.3, -0.25) is 0 Å². The van der Waals surface area contributed by atoms with E-state index in [1.165, 1.54) is 12.1 Å². The van der Waals surface area contributed by atoms with Crippen LogP contribution in [0.2, 0.25) is 5.15 Å². The Hall–Kier alpha value is -0.670. The SMILES string of the molecule is OCc1ccc(F)c(Cl)n1. The van der Waals surface area contributed by atoms with Crippen LogP contribution in [0.15, 0.2) is 12.1 Å². The predicted octanol–water partition coefficient (Wildman–Crippen LogP) is 1.37. The van der Waals surface area contributed by atoms with Crippen molar-refractivity contribution in [3.63, 3.8) is 0 Å². The molecule has 4 heteroatoms. The van der Waals surface area contributed by atoms with Gasteiger partial charge in [-0.25, -0.2) is 9.37 Å². The number of aliphatic hydroxyl groups excluding tert-OH is 1. The zero-order valence-electron chi connectivity index (χ0n) is 5.01. The molecule has 1 N–H and O–H groups in total. The summed E-state index contributed by atoms with van der Waals surface area (Å²) in [5.74, 6) is -0.570. The number of nitrogens with zero attached hydrogens (tertiary/aromatic N) is 1.